The predicted octanol–water partition coefficient (Wildman–Crippen LogP) is 0.812. The molecule has 1 aromatic carbocycles. The third-order valence-corrected chi connectivity index (χ3v) is 2.14. The van der Waals surface area contributed by atoms with Crippen molar-refractivity contribution in [1.82, 2.24) is 4.98 Å². The number of carboxylic acid groups (broad SMARTS) is 2. The number of carbonyl (C=O) groups excluding carboxylic acids is 1. The third-order valence-electron chi connectivity index (χ3n) is 2.14. The van der Waals surface area contributed by atoms with E-state index in [1.54, 1.807) is 12.1 Å². The molecule has 19 heavy (non-hydrogen) atoms. The Bertz CT molecular complexity index is 605. The second-order valence-corrected chi connectivity index (χ2v) is 3.61. The number of fused-ring (bicyclic) bond motifs is 1. The van der Waals surface area contributed by atoms with Crippen LogP contribution in [0.25, 0.3) is 10.9 Å². The first-order chi connectivity index (χ1) is 8.90. The molecule has 0 unspecified atom stereocenters. The van der Waals surface area contributed by atoms with Gasteiger partial charge < -0.3 is 20.9 Å². The number of amides is 1. The highest BCUT2D eigenvalue weighted by atomic mass is 16.4. The molecule has 1 heterocycles. The Kier molecular flexibility index (Phi) is 4.64. The van der Waals surface area contributed by atoms with E-state index in [1.165, 1.54) is 0 Å². The molecule has 7 nitrogen and oxygen atoms in total. The van der Waals surface area contributed by atoms with Crippen LogP contribution in [0.1, 0.15) is 16.8 Å². The van der Waals surface area contributed by atoms with Crippen LogP contribution >= 0.6 is 0 Å². The fourth-order valence-electron chi connectivity index (χ4n) is 1.33. The van der Waals surface area contributed by atoms with E-state index in [2.05, 4.69) is 4.98 Å². The van der Waals surface area contributed by atoms with Gasteiger partial charge in [-0.05, 0) is 23.6 Å². The van der Waals surface area contributed by atoms with Crippen LogP contribution in [0.2, 0.25) is 0 Å². The minimum absolute atomic E-state index is 0.397. The van der Waals surface area contributed by atoms with Crippen molar-refractivity contribution in [3.8, 4) is 0 Å². The molecule has 7 heteroatoms. The monoisotopic (exact) mass is 264 g/mol. The first kappa shape index (κ1) is 14.2. The number of hydrogen-bond donors (Lipinski definition) is 4. The van der Waals surface area contributed by atoms with E-state index in [9.17, 15) is 14.4 Å². The number of primary amides is 1. The van der Waals surface area contributed by atoms with E-state index in [0.717, 1.165) is 10.9 Å². The van der Waals surface area contributed by atoms with Crippen molar-refractivity contribution in [2.24, 2.45) is 5.73 Å². The smallest absolute Gasteiger partial charge is 0.314 e. The summed E-state index contributed by atoms with van der Waals surface area (Å²) in [6, 6.07) is 7.28. The summed E-state index contributed by atoms with van der Waals surface area (Å²) in [4.78, 5) is 32.6. The Hall–Kier alpha value is -2.83. The summed E-state index contributed by atoms with van der Waals surface area (Å²) in [5.41, 5.74) is 6.59. The summed E-state index contributed by atoms with van der Waals surface area (Å²) >= 11 is 0. The molecule has 0 bridgehead atoms. The van der Waals surface area contributed by atoms with Gasteiger partial charge in [-0.25, -0.2) is 0 Å². The molecule has 1 amide bonds. The van der Waals surface area contributed by atoms with Crippen LogP contribution in [0.4, 0.5) is 0 Å². The maximum Gasteiger partial charge on any atom is 0.314 e. The summed E-state index contributed by atoms with van der Waals surface area (Å²) in [5, 5.41) is 16.5. The molecule has 2 rings (SSSR count). The van der Waals surface area contributed by atoms with Gasteiger partial charge in [-0.15, -0.1) is 0 Å². The van der Waals surface area contributed by atoms with Crippen LogP contribution in [-0.4, -0.2) is 33.0 Å². The molecule has 0 atom stereocenters. The Balaban J connectivity index is 0.000000224. The zero-order valence-electron chi connectivity index (χ0n) is 9.79. The van der Waals surface area contributed by atoms with Gasteiger partial charge in [0.05, 0.1) is 0 Å². The summed E-state index contributed by atoms with van der Waals surface area (Å²) in [6.07, 6.45) is 1.02. The second kappa shape index (κ2) is 6.20. The van der Waals surface area contributed by atoms with Crippen LogP contribution in [0.5, 0.6) is 0 Å². The number of rotatable bonds is 3. The van der Waals surface area contributed by atoms with Gasteiger partial charge in [0.25, 0.3) is 0 Å². The van der Waals surface area contributed by atoms with Gasteiger partial charge in [0.1, 0.15) is 6.42 Å². The van der Waals surface area contributed by atoms with Crippen LogP contribution in [0, 0.1) is 0 Å². The number of H-pyrrole nitrogens is 1. The van der Waals surface area contributed by atoms with E-state index >= 15 is 0 Å². The molecular formula is C12H12N2O5. The third kappa shape index (κ3) is 4.50. The molecule has 100 valence electrons. The van der Waals surface area contributed by atoms with Gasteiger partial charge in [0, 0.05) is 17.3 Å². The van der Waals surface area contributed by atoms with E-state index in [1.807, 2.05) is 18.3 Å². The van der Waals surface area contributed by atoms with Gasteiger partial charge in [-0.3, -0.25) is 14.4 Å². The predicted molar refractivity (Wildman–Crippen MR) is 66.7 cm³/mol. The van der Waals surface area contributed by atoms with Gasteiger partial charge in [0.15, 0.2) is 0 Å². The molecule has 0 aliphatic rings. The maximum absolute atomic E-state index is 10.8. The molecule has 2 aromatic rings. The van der Waals surface area contributed by atoms with Crippen molar-refractivity contribution in [2.45, 2.75) is 6.42 Å². The molecule has 0 radical (unpaired) electrons. The highest BCUT2D eigenvalue weighted by Gasteiger charge is 2.02. The lowest BCUT2D eigenvalue weighted by Gasteiger charge is -1.94. The first-order valence-electron chi connectivity index (χ1n) is 5.20. The van der Waals surface area contributed by atoms with Gasteiger partial charge in [-0.2, -0.15) is 0 Å². The number of carbonyl (C=O) groups is 3. The van der Waals surface area contributed by atoms with Crippen LogP contribution in [0.3, 0.4) is 0 Å². The van der Waals surface area contributed by atoms with Crippen molar-refractivity contribution in [3.05, 3.63) is 36.0 Å². The minimum atomic E-state index is -1.31. The minimum Gasteiger partial charge on any atom is -0.481 e. The van der Waals surface area contributed by atoms with Crippen molar-refractivity contribution in [1.29, 1.82) is 0 Å². The molecule has 0 saturated carbocycles. The number of hydrogen-bond acceptors (Lipinski definition) is 3. The quantitative estimate of drug-likeness (QED) is 0.609. The van der Waals surface area contributed by atoms with E-state index in [0.29, 0.717) is 5.56 Å². The maximum atomic E-state index is 10.8. The lowest BCUT2D eigenvalue weighted by Crippen LogP contribution is -2.10. The zero-order valence-corrected chi connectivity index (χ0v) is 9.79. The number of aliphatic carboxylic acids is 2. The molecular weight excluding hydrogens is 252 g/mol. The van der Waals surface area contributed by atoms with Gasteiger partial charge in [0.2, 0.25) is 5.91 Å². The highest BCUT2D eigenvalue weighted by Crippen LogP contribution is 2.13. The van der Waals surface area contributed by atoms with Crippen LogP contribution < -0.4 is 5.73 Å². The van der Waals surface area contributed by atoms with E-state index < -0.39 is 24.3 Å². The number of benzene rings is 1. The van der Waals surface area contributed by atoms with Gasteiger partial charge >= 0.3 is 11.9 Å². The number of carboxylic acids is 2. The summed E-state index contributed by atoms with van der Waals surface area (Å²) in [5.74, 6) is -3.02. The number of nitrogens with two attached hydrogens (primary N) is 1. The Morgan fingerprint density at radius 1 is 1.11 bits per heavy atom. The largest absolute Gasteiger partial charge is 0.481 e. The molecule has 0 spiro atoms. The van der Waals surface area contributed by atoms with Crippen molar-refractivity contribution < 1.29 is 24.6 Å². The standard InChI is InChI=1S/C9H8N2O.C3H4O4/c10-9(12)7-2-1-6-3-4-11-8(6)5-7;4-2(5)1-3(6)7/h1-5,11H,(H2,10,12);1H2,(H,4,5)(H,6,7). The SMILES string of the molecule is NC(=O)c1ccc2cc[nH]c2c1.O=C(O)CC(=O)O. The van der Waals surface area contributed by atoms with E-state index in [4.69, 9.17) is 15.9 Å². The van der Waals surface area contributed by atoms with Gasteiger partial charge in [-0.1, -0.05) is 6.07 Å². The normalized spacial score (nSPS) is 9.47. The molecule has 0 saturated heterocycles. The second-order valence-electron chi connectivity index (χ2n) is 3.61. The topological polar surface area (TPSA) is 133 Å². The van der Waals surface area contributed by atoms with Crippen molar-refractivity contribution in [3.63, 3.8) is 0 Å². The fourth-order valence-corrected chi connectivity index (χ4v) is 1.33. The number of nitrogens with one attached hydrogen (secondary N) is 1. The molecule has 0 aliphatic heterocycles. The fraction of sp³-hybridized carbons (Fsp3) is 0.0833. The lowest BCUT2D eigenvalue weighted by atomic mass is 10.1. The Labute approximate surface area is 107 Å². The highest BCUT2D eigenvalue weighted by molar-refractivity contribution is 5.96. The summed E-state index contributed by atoms with van der Waals surface area (Å²) < 4.78 is 0. The van der Waals surface area contributed by atoms with Crippen LogP contribution in [-0.2, 0) is 9.59 Å². The van der Waals surface area contributed by atoms with Crippen molar-refractivity contribution >= 4 is 28.7 Å². The Morgan fingerprint density at radius 3 is 2.21 bits per heavy atom. The molecule has 5 N–H and O–H groups in total. The van der Waals surface area contributed by atoms with E-state index in [-0.39, 0.29) is 0 Å². The molecule has 0 fully saturated rings. The lowest BCUT2D eigenvalue weighted by molar-refractivity contribution is -0.147. The number of aromatic amines is 1. The summed E-state index contributed by atoms with van der Waals surface area (Å²) in [7, 11) is 0. The first-order valence-corrected chi connectivity index (χ1v) is 5.20. The van der Waals surface area contributed by atoms with Crippen LogP contribution in [0.15, 0.2) is 30.5 Å². The average Bonchev–Trinajstić information content (AvgIpc) is 2.74. The molecule has 0 aliphatic carbocycles. The van der Waals surface area contributed by atoms with Crippen molar-refractivity contribution in [2.75, 3.05) is 0 Å². The average molecular weight is 264 g/mol. The summed E-state index contributed by atoms with van der Waals surface area (Å²) in [6.45, 7) is 0. The number of aromatic nitrogens is 1. The Morgan fingerprint density at radius 2 is 1.74 bits per heavy atom. The zero-order chi connectivity index (χ0) is 14.4. The molecule has 1 aromatic heterocycles.